The second kappa shape index (κ2) is 13.6. The fourth-order valence-corrected chi connectivity index (χ4v) is 11.1. The zero-order valence-electron chi connectivity index (χ0n) is 27.2. The summed E-state index contributed by atoms with van der Waals surface area (Å²) >= 11 is 0. The summed E-state index contributed by atoms with van der Waals surface area (Å²) in [5, 5.41) is 0. The van der Waals surface area contributed by atoms with Crippen molar-refractivity contribution in [2.75, 3.05) is 0 Å². The lowest BCUT2D eigenvalue weighted by molar-refractivity contribution is -0.162. The molecule has 0 bridgehead atoms. The molecule has 2 nitrogen and oxygen atoms in total. The van der Waals surface area contributed by atoms with Gasteiger partial charge in [0, 0.05) is 6.42 Å². The molecule has 0 aromatic carbocycles. The number of unbranched alkanes of at least 4 members (excludes halogenated alkanes) is 4. The molecule has 0 unspecified atom stereocenters. The molecule has 0 amide bonds. The fourth-order valence-electron chi connectivity index (χ4n) is 11.1. The van der Waals surface area contributed by atoms with Crippen LogP contribution in [0, 0.1) is 58.2 Å². The van der Waals surface area contributed by atoms with Crippen molar-refractivity contribution >= 4 is 5.97 Å². The molecule has 0 spiro atoms. The molecule has 39 heavy (non-hydrogen) atoms. The third-order valence-corrected chi connectivity index (χ3v) is 13.6. The fraction of sp³-hybridized carbons (Fsp3) is 0.973. The summed E-state index contributed by atoms with van der Waals surface area (Å²) in [6.07, 6.45) is 23.3. The maximum absolute atomic E-state index is 12.6. The van der Waals surface area contributed by atoms with Crippen molar-refractivity contribution in [1.29, 1.82) is 0 Å². The van der Waals surface area contributed by atoms with Gasteiger partial charge in [-0.25, -0.2) is 0 Å². The normalized spacial score (nSPS) is 39.5. The van der Waals surface area contributed by atoms with E-state index in [1.165, 1.54) is 89.9 Å². The average Bonchev–Trinajstić information content (AvgIpc) is 3.26. The molecule has 0 heterocycles. The Balaban J connectivity index is 1.31. The van der Waals surface area contributed by atoms with Crippen LogP contribution in [-0.4, -0.2) is 12.1 Å². The Hall–Kier alpha value is -0.530. The molecule has 10 atom stereocenters. The van der Waals surface area contributed by atoms with Crippen molar-refractivity contribution in [2.24, 2.45) is 58.2 Å². The minimum atomic E-state index is 0.0759. The van der Waals surface area contributed by atoms with Crippen LogP contribution in [0.2, 0.25) is 0 Å². The lowest BCUT2D eigenvalue weighted by Gasteiger charge is -2.61. The van der Waals surface area contributed by atoms with Gasteiger partial charge < -0.3 is 4.74 Å². The van der Waals surface area contributed by atoms with Crippen LogP contribution in [0.25, 0.3) is 0 Å². The van der Waals surface area contributed by atoms with Gasteiger partial charge in [-0.15, -0.1) is 0 Å². The van der Waals surface area contributed by atoms with Gasteiger partial charge >= 0.3 is 5.97 Å². The van der Waals surface area contributed by atoms with Gasteiger partial charge in [-0.1, -0.05) is 87.0 Å². The van der Waals surface area contributed by atoms with Crippen molar-refractivity contribution < 1.29 is 9.53 Å². The highest BCUT2D eigenvalue weighted by molar-refractivity contribution is 5.69. The molecule has 0 aromatic rings. The summed E-state index contributed by atoms with van der Waals surface area (Å²) in [4.78, 5) is 12.6. The van der Waals surface area contributed by atoms with Gasteiger partial charge in [0.05, 0.1) is 0 Å². The van der Waals surface area contributed by atoms with Crippen LogP contribution in [0.3, 0.4) is 0 Å². The van der Waals surface area contributed by atoms with Gasteiger partial charge in [-0.2, -0.15) is 0 Å². The Morgan fingerprint density at radius 1 is 0.821 bits per heavy atom. The van der Waals surface area contributed by atoms with E-state index in [4.69, 9.17) is 4.74 Å². The number of esters is 1. The summed E-state index contributed by atoms with van der Waals surface area (Å²) < 4.78 is 6.08. The SMILES string of the molecule is CCCCCCCC(=O)O[C@H]1CC[C@@]2(C)[C@@H](CC[C@@H]3[C@@H]2CC[C@]2(C)[C@@H]([C@H](C)CC[C@@H](CC)C(C)C)CC[C@@H]32)C1. The minimum absolute atomic E-state index is 0.0759. The number of carbonyl (C=O) groups excluding carboxylic acids is 1. The number of hydrogen-bond acceptors (Lipinski definition) is 2. The van der Waals surface area contributed by atoms with Gasteiger partial charge in [-0.05, 0) is 129 Å². The number of fused-ring (bicyclic) bond motifs is 5. The van der Waals surface area contributed by atoms with Crippen LogP contribution in [0.1, 0.15) is 164 Å². The number of ether oxygens (including phenoxy) is 1. The minimum Gasteiger partial charge on any atom is -0.462 e. The van der Waals surface area contributed by atoms with Crippen molar-refractivity contribution in [3.8, 4) is 0 Å². The Labute approximate surface area is 243 Å². The van der Waals surface area contributed by atoms with E-state index >= 15 is 0 Å². The predicted octanol–water partition coefficient (Wildman–Crippen LogP) is 11.0. The molecule has 0 aromatic heterocycles. The molecule has 4 fully saturated rings. The third-order valence-electron chi connectivity index (χ3n) is 13.6. The maximum Gasteiger partial charge on any atom is 0.306 e. The molecule has 0 radical (unpaired) electrons. The second-order valence-corrected chi connectivity index (χ2v) is 15.9. The Kier molecular flexibility index (Phi) is 11.0. The molecule has 0 aliphatic heterocycles. The van der Waals surface area contributed by atoms with E-state index in [1.807, 2.05) is 0 Å². The van der Waals surface area contributed by atoms with Gasteiger partial charge in [-0.3, -0.25) is 4.79 Å². The van der Waals surface area contributed by atoms with Crippen LogP contribution in [0.4, 0.5) is 0 Å². The smallest absolute Gasteiger partial charge is 0.306 e. The Bertz CT molecular complexity index is 773. The van der Waals surface area contributed by atoms with Gasteiger partial charge in [0.15, 0.2) is 0 Å². The molecule has 4 aliphatic rings. The van der Waals surface area contributed by atoms with Crippen LogP contribution >= 0.6 is 0 Å². The molecule has 0 saturated heterocycles. The van der Waals surface area contributed by atoms with Crippen molar-refractivity contribution in [3.05, 3.63) is 0 Å². The van der Waals surface area contributed by atoms with Crippen LogP contribution < -0.4 is 0 Å². The average molecular weight is 543 g/mol. The molecule has 4 aliphatic carbocycles. The first-order valence-corrected chi connectivity index (χ1v) is 17.8. The second-order valence-electron chi connectivity index (χ2n) is 15.9. The quantitative estimate of drug-likeness (QED) is 0.171. The molecule has 2 heteroatoms. The molecule has 226 valence electrons. The summed E-state index contributed by atoms with van der Waals surface area (Å²) in [5.74, 6) is 7.20. The summed E-state index contributed by atoms with van der Waals surface area (Å²) in [7, 11) is 0. The first kappa shape index (κ1) is 31.4. The lowest BCUT2D eigenvalue weighted by Crippen LogP contribution is -2.54. The maximum atomic E-state index is 12.6. The number of hydrogen-bond donors (Lipinski definition) is 0. The Morgan fingerprint density at radius 2 is 1.54 bits per heavy atom. The van der Waals surface area contributed by atoms with Crippen molar-refractivity contribution in [3.63, 3.8) is 0 Å². The van der Waals surface area contributed by atoms with E-state index in [9.17, 15) is 4.79 Å². The Morgan fingerprint density at radius 3 is 2.26 bits per heavy atom. The number of carbonyl (C=O) groups is 1. The van der Waals surface area contributed by atoms with Crippen LogP contribution in [0.5, 0.6) is 0 Å². The molecular weight excluding hydrogens is 476 g/mol. The van der Waals surface area contributed by atoms with E-state index in [1.54, 1.807) is 0 Å². The zero-order valence-corrected chi connectivity index (χ0v) is 27.2. The lowest BCUT2D eigenvalue weighted by atomic mass is 9.44. The summed E-state index contributed by atoms with van der Waals surface area (Å²) in [5.41, 5.74) is 1.05. The highest BCUT2D eigenvalue weighted by Gasteiger charge is 2.60. The highest BCUT2D eigenvalue weighted by atomic mass is 16.5. The first-order chi connectivity index (χ1) is 18.6. The first-order valence-electron chi connectivity index (χ1n) is 17.8. The van der Waals surface area contributed by atoms with Crippen molar-refractivity contribution in [1.82, 2.24) is 0 Å². The molecule has 4 rings (SSSR count). The van der Waals surface area contributed by atoms with Crippen LogP contribution in [0.15, 0.2) is 0 Å². The van der Waals surface area contributed by atoms with Gasteiger partial charge in [0.25, 0.3) is 0 Å². The monoisotopic (exact) mass is 543 g/mol. The molecular formula is C37H66O2. The molecule has 4 saturated carbocycles. The van der Waals surface area contributed by atoms with E-state index < -0.39 is 0 Å². The largest absolute Gasteiger partial charge is 0.462 e. The highest BCUT2D eigenvalue weighted by Crippen LogP contribution is 2.68. The predicted molar refractivity (Wildman–Crippen MR) is 165 cm³/mol. The van der Waals surface area contributed by atoms with Gasteiger partial charge in [0.2, 0.25) is 0 Å². The number of rotatable bonds is 13. The molecule has 0 N–H and O–H groups in total. The summed E-state index contributed by atoms with van der Waals surface area (Å²) in [6.45, 7) is 17.5. The van der Waals surface area contributed by atoms with E-state index in [-0.39, 0.29) is 12.1 Å². The standard InChI is InChI=1S/C37H66O2/c1-8-10-11-12-13-14-35(38)39-30-21-23-36(6)29(25-30)17-18-31-33-20-19-32(37(33,7)24-22-34(31)36)27(5)15-16-28(9-2)26(3)4/h26-34H,8-25H2,1-7H3/t27-,28-,29+,30+,31+,32-,33+,34+,36+,37-/m1/s1. The van der Waals surface area contributed by atoms with Gasteiger partial charge in [0.1, 0.15) is 6.10 Å². The van der Waals surface area contributed by atoms with E-state index in [0.29, 0.717) is 17.3 Å². The summed E-state index contributed by atoms with van der Waals surface area (Å²) in [6, 6.07) is 0. The van der Waals surface area contributed by atoms with E-state index in [2.05, 4.69) is 48.5 Å². The van der Waals surface area contributed by atoms with E-state index in [0.717, 1.165) is 66.6 Å². The zero-order chi connectivity index (χ0) is 28.2. The third kappa shape index (κ3) is 6.77. The topological polar surface area (TPSA) is 26.3 Å². The van der Waals surface area contributed by atoms with Crippen molar-refractivity contribution in [2.45, 2.75) is 170 Å². The van der Waals surface area contributed by atoms with Crippen LogP contribution in [-0.2, 0) is 9.53 Å².